The topological polar surface area (TPSA) is 49.9 Å². The van der Waals surface area contributed by atoms with Crippen LogP contribution in [0.2, 0.25) is 0 Å². The molecule has 0 radical (unpaired) electrons. The molecule has 2 aromatic rings. The lowest BCUT2D eigenvalue weighted by molar-refractivity contribution is -0.144. The summed E-state index contributed by atoms with van der Waals surface area (Å²) in [5.41, 5.74) is 2.35. The van der Waals surface area contributed by atoms with Crippen LogP contribution >= 0.6 is 11.3 Å². The summed E-state index contributed by atoms with van der Waals surface area (Å²) in [5, 5.41) is 2.09. The Hall–Kier alpha value is -2.34. The van der Waals surface area contributed by atoms with Gasteiger partial charge in [-0.15, -0.1) is 11.3 Å². The lowest BCUT2D eigenvalue weighted by atomic mass is 10.00. The van der Waals surface area contributed by atoms with Gasteiger partial charge in [-0.3, -0.25) is 9.59 Å². The minimum Gasteiger partial charge on any atom is -0.491 e. The first-order chi connectivity index (χ1) is 14.4. The standard InChI is InChI=1S/C24H32N2O3S/c1-5-18(4)26(23(27)6-2)15-24(28)25-13-11-22-20(12-14-30-22)21(25)16-29-19-9-7-17(3)8-10-19/h7-10,12,14,18,21H,5-6,11,13,15-16H2,1-4H3/t18-,21-/m1/s1. The van der Waals surface area contributed by atoms with Crippen LogP contribution in [-0.4, -0.2) is 47.4 Å². The van der Waals surface area contributed by atoms with E-state index in [-0.39, 0.29) is 30.4 Å². The Labute approximate surface area is 183 Å². The van der Waals surface area contributed by atoms with Crippen molar-refractivity contribution in [2.45, 2.75) is 59.0 Å². The van der Waals surface area contributed by atoms with Crippen LogP contribution in [-0.2, 0) is 16.0 Å². The van der Waals surface area contributed by atoms with Crippen molar-refractivity contribution in [1.29, 1.82) is 0 Å². The molecule has 5 nitrogen and oxygen atoms in total. The summed E-state index contributed by atoms with van der Waals surface area (Å²) in [6.07, 6.45) is 2.09. The molecule has 1 aliphatic rings. The number of nitrogens with zero attached hydrogens (tertiary/aromatic N) is 2. The third-order valence-electron chi connectivity index (χ3n) is 5.90. The van der Waals surface area contributed by atoms with Crippen molar-refractivity contribution in [2.75, 3.05) is 19.7 Å². The number of fused-ring (bicyclic) bond motifs is 1. The second-order valence-electron chi connectivity index (χ2n) is 7.91. The molecule has 1 aliphatic heterocycles. The van der Waals surface area contributed by atoms with Gasteiger partial charge in [0.25, 0.3) is 0 Å². The molecule has 0 unspecified atom stereocenters. The predicted molar refractivity (Wildman–Crippen MR) is 121 cm³/mol. The molecule has 162 valence electrons. The highest BCUT2D eigenvalue weighted by atomic mass is 32.1. The first-order valence-corrected chi connectivity index (χ1v) is 11.7. The van der Waals surface area contributed by atoms with E-state index in [1.807, 2.05) is 56.9 Å². The van der Waals surface area contributed by atoms with Gasteiger partial charge >= 0.3 is 0 Å². The zero-order valence-corrected chi connectivity index (χ0v) is 19.2. The second kappa shape index (κ2) is 10.1. The van der Waals surface area contributed by atoms with Crippen molar-refractivity contribution in [3.8, 4) is 5.75 Å². The molecule has 0 saturated carbocycles. The lowest BCUT2D eigenvalue weighted by Crippen LogP contribution is -2.49. The van der Waals surface area contributed by atoms with Gasteiger partial charge in [-0.1, -0.05) is 31.5 Å². The fourth-order valence-electron chi connectivity index (χ4n) is 3.83. The van der Waals surface area contributed by atoms with Gasteiger partial charge in [-0.2, -0.15) is 0 Å². The molecule has 1 aromatic carbocycles. The fourth-order valence-corrected chi connectivity index (χ4v) is 4.76. The minimum atomic E-state index is -0.135. The highest BCUT2D eigenvalue weighted by Crippen LogP contribution is 2.34. The zero-order valence-electron chi connectivity index (χ0n) is 18.4. The van der Waals surface area contributed by atoms with Gasteiger partial charge in [0.1, 0.15) is 18.9 Å². The highest BCUT2D eigenvalue weighted by Gasteiger charge is 2.34. The molecule has 0 aliphatic carbocycles. The number of aryl methyl sites for hydroxylation is 1. The van der Waals surface area contributed by atoms with Crippen LogP contribution in [0.3, 0.4) is 0 Å². The normalized spacial score (nSPS) is 16.7. The fraction of sp³-hybridized carbons (Fsp3) is 0.500. The minimum absolute atomic E-state index is 0.00791. The second-order valence-corrected chi connectivity index (χ2v) is 8.91. The summed E-state index contributed by atoms with van der Waals surface area (Å²) < 4.78 is 6.08. The molecule has 0 N–H and O–H groups in total. The molecule has 1 aromatic heterocycles. The maximum atomic E-state index is 13.3. The predicted octanol–water partition coefficient (Wildman–Crippen LogP) is 4.60. The van der Waals surface area contributed by atoms with Crippen molar-refractivity contribution in [3.05, 3.63) is 51.7 Å². The van der Waals surface area contributed by atoms with E-state index in [9.17, 15) is 9.59 Å². The number of hydrogen-bond acceptors (Lipinski definition) is 4. The van der Waals surface area contributed by atoms with E-state index in [4.69, 9.17) is 4.74 Å². The van der Waals surface area contributed by atoms with Crippen molar-refractivity contribution < 1.29 is 14.3 Å². The summed E-state index contributed by atoms with van der Waals surface area (Å²) in [6, 6.07) is 9.99. The summed E-state index contributed by atoms with van der Waals surface area (Å²) in [5.74, 6) is 0.822. The molecule has 2 heterocycles. The van der Waals surface area contributed by atoms with E-state index in [0.29, 0.717) is 19.6 Å². The molecule has 0 bridgehead atoms. The summed E-state index contributed by atoms with van der Waals surface area (Å²) in [7, 11) is 0. The molecule has 0 spiro atoms. The van der Waals surface area contributed by atoms with Gasteiger partial charge in [0, 0.05) is 23.9 Å². The van der Waals surface area contributed by atoms with Crippen molar-refractivity contribution in [1.82, 2.24) is 9.80 Å². The number of ether oxygens (including phenoxy) is 1. The highest BCUT2D eigenvalue weighted by molar-refractivity contribution is 7.10. The van der Waals surface area contributed by atoms with Gasteiger partial charge in [0.05, 0.1) is 6.04 Å². The average molecular weight is 429 g/mol. The monoisotopic (exact) mass is 428 g/mol. The van der Waals surface area contributed by atoms with E-state index in [2.05, 4.69) is 11.4 Å². The Morgan fingerprint density at radius 1 is 1.23 bits per heavy atom. The molecule has 2 amide bonds. The Kier molecular flexibility index (Phi) is 7.53. The van der Waals surface area contributed by atoms with Gasteiger partial charge in [-0.25, -0.2) is 0 Å². The Bertz CT molecular complexity index is 862. The molecular formula is C24H32N2O3S. The number of thiophene rings is 1. The number of amides is 2. The van der Waals surface area contributed by atoms with E-state index in [1.165, 1.54) is 16.0 Å². The Morgan fingerprint density at radius 3 is 2.63 bits per heavy atom. The molecule has 0 fully saturated rings. The van der Waals surface area contributed by atoms with Crippen LogP contribution < -0.4 is 4.74 Å². The smallest absolute Gasteiger partial charge is 0.242 e. The van der Waals surface area contributed by atoms with Gasteiger partial charge in [0.2, 0.25) is 11.8 Å². The number of carbonyl (C=O) groups excluding carboxylic acids is 2. The maximum absolute atomic E-state index is 13.3. The van der Waals surface area contributed by atoms with Gasteiger partial charge in [-0.05, 0) is 55.8 Å². The Balaban J connectivity index is 1.77. The van der Waals surface area contributed by atoms with Crippen LogP contribution in [0.4, 0.5) is 0 Å². The summed E-state index contributed by atoms with van der Waals surface area (Å²) in [6.45, 7) is 9.13. The van der Waals surface area contributed by atoms with Crippen LogP contribution in [0.1, 0.15) is 55.7 Å². The summed E-state index contributed by atoms with van der Waals surface area (Å²) >= 11 is 1.74. The molecule has 0 saturated heterocycles. The van der Waals surface area contributed by atoms with E-state index in [1.54, 1.807) is 16.2 Å². The van der Waals surface area contributed by atoms with Crippen molar-refractivity contribution >= 4 is 23.2 Å². The van der Waals surface area contributed by atoms with Crippen LogP contribution in [0.15, 0.2) is 35.7 Å². The number of rotatable bonds is 8. The van der Waals surface area contributed by atoms with Gasteiger partial charge in [0.15, 0.2) is 0 Å². The molecule has 6 heteroatoms. The van der Waals surface area contributed by atoms with Crippen LogP contribution in [0, 0.1) is 6.92 Å². The largest absolute Gasteiger partial charge is 0.491 e. The number of carbonyl (C=O) groups is 2. The third kappa shape index (κ3) is 5.04. The van der Waals surface area contributed by atoms with Crippen LogP contribution in [0.25, 0.3) is 0 Å². The SMILES string of the molecule is CCC(=O)N(CC(=O)N1CCc2sccc2[C@H]1COc1ccc(C)cc1)[C@H](C)CC. The molecule has 2 atom stereocenters. The number of hydrogen-bond donors (Lipinski definition) is 0. The third-order valence-corrected chi connectivity index (χ3v) is 6.89. The number of benzene rings is 1. The molecule has 3 rings (SSSR count). The molecular weight excluding hydrogens is 396 g/mol. The Morgan fingerprint density at radius 2 is 1.97 bits per heavy atom. The van der Waals surface area contributed by atoms with Crippen LogP contribution in [0.5, 0.6) is 5.75 Å². The first kappa shape index (κ1) is 22.3. The van der Waals surface area contributed by atoms with Crippen molar-refractivity contribution in [3.63, 3.8) is 0 Å². The maximum Gasteiger partial charge on any atom is 0.242 e. The first-order valence-electron chi connectivity index (χ1n) is 10.8. The average Bonchev–Trinajstić information content (AvgIpc) is 3.24. The van der Waals surface area contributed by atoms with Crippen molar-refractivity contribution in [2.24, 2.45) is 0 Å². The molecule has 30 heavy (non-hydrogen) atoms. The quantitative estimate of drug-likeness (QED) is 0.617. The van der Waals surface area contributed by atoms with E-state index in [0.717, 1.165) is 18.6 Å². The summed E-state index contributed by atoms with van der Waals surface area (Å²) in [4.78, 5) is 30.7. The van der Waals surface area contributed by atoms with Gasteiger partial charge < -0.3 is 14.5 Å². The van der Waals surface area contributed by atoms with E-state index < -0.39 is 0 Å². The lowest BCUT2D eigenvalue weighted by Gasteiger charge is -2.38. The van der Waals surface area contributed by atoms with E-state index >= 15 is 0 Å². The zero-order chi connectivity index (χ0) is 21.7.